The first kappa shape index (κ1) is 13.2. The van der Waals surface area contributed by atoms with E-state index in [0.29, 0.717) is 6.04 Å². The molecule has 5 atom stereocenters. The molecule has 0 saturated carbocycles. The van der Waals surface area contributed by atoms with E-state index < -0.39 is 0 Å². The van der Waals surface area contributed by atoms with E-state index in [1.807, 2.05) is 0 Å². The molecule has 2 bridgehead atoms. The maximum absolute atomic E-state index is 2.86. The summed E-state index contributed by atoms with van der Waals surface area (Å²) in [5.74, 6) is 1.72. The Labute approximate surface area is 118 Å². The lowest BCUT2D eigenvalue weighted by atomic mass is 9.72. The fourth-order valence-corrected chi connectivity index (χ4v) is 4.62. The Bertz CT molecular complexity index is 397. The predicted molar refractivity (Wildman–Crippen MR) is 81.1 cm³/mol. The molecule has 2 aliphatic heterocycles. The highest BCUT2D eigenvalue weighted by molar-refractivity contribution is 5.19. The third-order valence-corrected chi connectivity index (χ3v) is 5.55. The van der Waals surface area contributed by atoms with Gasteiger partial charge in [-0.3, -0.25) is 4.90 Å². The summed E-state index contributed by atoms with van der Waals surface area (Å²) in [6.45, 7) is 7.34. The minimum atomic E-state index is 0.571. The largest absolute Gasteiger partial charge is 0.290 e. The van der Waals surface area contributed by atoms with Gasteiger partial charge in [-0.25, -0.2) is 0 Å². The number of rotatable bonds is 2. The van der Waals surface area contributed by atoms with Crippen LogP contribution in [0.1, 0.15) is 58.1 Å². The molecule has 1 aromatic rings. The molecule has 104 valence electrons. The zero-order chi connectivity index (χ0) is 13.4. The summed E-state index contributed by atoms with van der Waals surface area (Å²) in [6, 6.07) is 13.3. The standard InChI is InChI=1S/C18H27N/c1-13-12-14(2)18-11-7-10-17(13)19(18)15(3)16-8-5-4-6-9-16/h4-6,8-9,13-15,17-18H,7,10-12H2,1-3H3/t13-,14+,15-,17+,18-/m1/s1. The van der Waals surface area contributed by atoms with E-state index >= 15 is 0 Å². The van der Waals surface area contributed by atoms with E-state index in [2.05, 4.69) is 56.0 Å². The van der Waals surface area contributed by atoms with Gasteiger partial charge in [0.05, 0.1) is 0 Å². The average molecular weight is 257 g/mol. The van der Waals surface area contributed by atoms with Crippen LogP contribution < -0.4 is 0 Å². The molecule has 0 amide bonds. The molecule has 0 radical (unpaired) electrons. The molecule has 0 aliphatic carbocycles. The molecule has 0 N–H and O–H groups in total. The smallest absolute Gasteiger partial charge is 0.0325 e. The zero-order valence-electron chi connectivity index (χ0n) is 12.5. The van der Waals surface area contributed by atoms with Gasteiger partial charge >= 0.3 is 0 Å². The number of benzene rings is 1. The van der Waals surface area contributed by atoms with Crippen LogP contribution in [0.4, 0.5) is 0 Å². The molecular weight excluding hydrogens is 230 g/mol. The van der Waals surface area contributed by atoms with E-state index in [-0.39, 0.29) is 0 Å². The minimum Gasteiger partial charge on any atom is -0.290 e. The maximum Gasteiger partial charge on any atom is 0.0325 e. The van der Waals surface area contributed by atoms with Crippen molar-refractivity contribution in [2.24, 2.45) is 11.8 Å². The highest BCUT2D eigenvalue weighted by Gasteiger charge is 2.43. The van der Waals surface area contributed by atoms with E-state index in [9.17, 15) is 0 Å². The summed E-state index contributed by atoms with van der Waals surface area (Å²) in [5.41, 5.74) is 1.49. The molecule has 0 aromatic heterocycles. The third-order valence-electron chi connectivity index (χ3n) is 5.55. The van der Waals surface area contributed by atoms with Crippen molar-refractivity contribution in [3.63, 3.8) is 0 Å². The zero-order valence-corrected chi connectivity index (χ0v) is 12.5. The van der Waals surface area contributed by atoms with Crippen LogP contribution in [0.3, 0.4) is 0 Å². The van der Waals surface area contributed by atoms with Crippen molar-refractivity contribution in [1.29, 1.82) is 0 Å². The molecule has 1 nitrogen and oxygen atoms in total. The summed E-state index contributed by atoms with van der Waals surface area (Å²) < 4.78 is 0. The lowest BCUT2D eigenvalue weighted by Gasteiger charge is -2.54. The second kappa shape index (κ2) is 5.28. The van der Waals surface area contributed by atoms with Gasteiger partial charge in [0.25, 0.3) is 0 Å². The first-order chi connectivity index (χ1) is 9.18. The molecule has 2 heterocycles. The van der Waals surface area contributed by atoms with E-state index in [4.69, 9.17) is 0 Å². The topological polar surface area (TPSA) is 3.24 Å². The Morgan fingerprint density at radius 2 is 1.58 bits per heavy atom. The predicted octanol–water partition coefficient (Wildman–Crippen LogP) is 4.65. The molecular formula is C18H27N. The van der Waals surface area contributed by atoms with Crippen molar-refractivity contribution in [1.82, 2.24) is 4.90 Å². The van der Waals surface area contributed by atoms with Gasteiger partial charge in [-0.1, -0.05) is 50.6 Å². The SMILES string of the molecule is C[C@@H]1C[C@H](C)[C@H]2CCC[C@@H]1N2[C@H](C)c1ccccc1. The molecule has 0 spiro atoms. The van der Waals surface area contributed by atoms with Crippen LogP contribution >= 0.6 is 0 Å². The van der Waals surface area contributed by atoms with Crippen molar-refractivity contribution < 1.29 is 0 Å². The number of piperidine rings is 2. The van der Waals surface area contributed by atoms with Crippen molar-refractivity contribution in [2.75, 3.05) is 0 Å². The molecule has 2 fully saturated rings. The van der Waals surface area contributed by atoms with Crippen LogP contribution in [0.5, 0.6) is 0 Å². The molecule has 2 saturated heterocycles. The van der Waals surface area contributed by atoms with Crippen LogP contribution in [0.15, 0.2) is 30.3 Å². The molecule has 2 aliphatic rings. The van der Waals surface area contributed by atoms with Crippen LogP contribution in [0.2, 0.25) is 0 Å². The van der Waals surface area contributed by atoms with Crippen LogP contribution in [-0.4, -0.2) is 17.0 Å². The number of hydrogen-bond donors (Lipinski definition) is 0. The fourth-order valence-electron chi connectivity index (χ4n) is 4.62. The number of nitrogens with zero attached hydrogens (tertiary/aromatic N) is 1. The molecule has 1 aromatic carbocycles. The Morgan fingerprint density at radius 3 is 2.16 bits per heavy atom. The lowest BCUT2D eigenvalue weighted by Crippen LogP contribution is -2.57. The molecule has 3 rings (SSSR count). The van der Waals surface area contributed by atoms with E-state index in [0.717, 1.165) is 23.9 Å². The van der Waals surface area contributed by atoms with E-state index in [1.54, 1.807) is 0 Å². The second-order valence-electron chi connectivity index (χ2n) is 6.79. The minimum absolute atomic E-state index is 0.571. The first-order valence-electron chi connectivity index (χ1n) is 8.01. The Balaban J connectivity index is 1.89. The number of fused-ring (bicyclic) bond motifs is 2. The van der Waals surface area contributed by atoms with Gasteiger partial charge in [0.1, 0.15) is 0 Å². The van der Waals surface area contributed by atoms with Gasteiger partial charge in [0, 0.05) is 18.1 Å². The fraction of sp³-hybridized carbons (Fsp3) is 0.667. The van der Waals surface area contributed by atoms with Gasteiger partial charge in [-0.05, 0) is 43.6 Å². The Morgan fingerprint density at radius 1 is 1.00 bits per heavy atom. The first-order valence-corrected chi connectivity index (χ1v) is 8.01. The highest BCUT2D eigenvalue weighted by Crippen LogP contribution is 2.44. The van der Waals surface area contributed by atoms with Gasteiger partial charge in [-0.2, -0.15) is 0 Å². The van der Waals surface area contributed by atoms with Gasteiger partial charge in [0.2, 0.25) is 0 Å². The van der Waals surface area contributed by atoms with Crippen LogP contribution in [0, 0.1) is 11.8 Å². The third kappa shape index (κ3) is 2.33. The van der Waals surface area contributed by atoms with Crippen molar-refractivity contribution in [3.8, 4) is 0 Å². The molecule has 1 heteroatoms. The van der Waals surface area contributed by atoms with Crippen molar-refractivity contribution in [2.45, 2.75) is 64.6 Å². The normalized spacial score (nSPS) is 37.0. The average Bonchev–Trinajstić information content (AvgIpc) is 2.45. The number of hydrogen-bond acceptors (Lipinski definition) is 1. The quantitative estimate of drug-likeness (QED) is 0.745. The summed E-state index contributed by atoms with van der Waals surface area (Å²) >= 11 is 0. The second-order valence-corrected chi connectivity index (χ2v) is 6.79. The van der Waals surface area contributed by atoms with Crippen LogP contribution in [0.25, 0.3) is 0 Å². The highest BCUT2D eigenvalue weighted by atomic mass is 15.2. The summed E-state index contributed by atoms with van der Waals surface area (Å²) in [7, 11) is 0. The van der Waals surface area contributed by atoms with Crippen molar-refractivity contribution in [3.05, 3.63) is 35.9 Å². The Hall–Kier alpha value is -0.820. The van der Waals surface area contributed by atoms with E-state index in [1.165, 1.54) is 31.2 Å². The summed E-state index contributed by atoms with van der Waals surface area (Å²) in [6.07, 6.45) is 5.67. The van der Waals surface area contributed by atoms with Gasteiger partial charge in [0.15, 0.2) is 0 Å². The summed E-state index contributed by atoms with van der Waals surface area (Å²) in [4.78, 5) is 2.86. The monoisotopic (exact) mass is 257 g/mol. The van der Waals surface area contributed by atoms with Gasteiger partial charge in [-0.15, -0.1) is 0 Å². The maximum atomic E-state index is 2.86. The molecule has 0 unspecified atom stereocenters. The molecule has 19 heavy (non-hydrogen) atoms. The lowest BCUT2D eigenvalue weighted by molar-refractivity contribution is -0.0513. The van der Waals surface area contributed by atoms with Crippen molar-refractivity contribution >= 4 is 0 Å². The van der Waals surface area contributed by atoms with Gasteiger partial charge < -0.3 is 0 Å². The van der Waals surface area contributed by atoms with Crippen LogP contribution in [-0.2, 0) is 0 Å². The Kier molecular flexibility index (Phi) is 3.66. The summed E-state index contributed by atoms with van der Waals surface area (Å²) in [5, 5.41) is 0.